The summed E-state index contributed by atoms with van der Waals surface area (Å²) in [5, 5.41) is 2.74. The molecule has 1 aromatic rings. The fraction of sp³-hybridized carbons (Fsp3) is 0.250. The van der Waals surface area contributed by atoms with Crippen LogP contribution in [0.25, 0.3) is 0 Å². The lowest BCUT2D eigenvalue weighted by Crippen LogP contribution is -2.25. The number of rotatable bonds is 5. The average molecular weight is 284 g/mol. The van der Waals surface area contributed by atoms with Crippen LogP contribution in [0.4, 0.5) is 0 Å². The first-order valence-electron chi connectivity index (χ1n) is 4.84. The fourth-order valence-corrected chi connectivity index (χ4v) is 1.36. The molecule has 0 saturated carbocycles. The van der Waals surface area contributed by atoms with Gasteiger partial charge in [-0.05, 0) is 17.7 Å². The third-order valence-corrected chi connectivity index (χ3v) is 2.26. The summed E-state index contributed by atoms with van der Waals surface area (Å²) in [7, 11) is 1.61. The van der Waals surface area contributed by atoms with Crippen LogP contribution in [0.2, 0.25) is 0 Å². The van der Waals surface area contributed by atoms with Crippen LogP contribution in [0.15, 0.2) is 35.3 Å². The Kier molecular flexibility index (Phi) is 5.05. The normalized spacial score (nSPS) is 9.62. The third kappa shape index (κ3) is 4.49. The van der Waals surface area contributed by atoms with Gasteiger partial charge < -0.3 is 10.1 Å². The van der Waals surface area contributed by atoms with Gasteiger partial charge in [0.2, 0.25) is 5.91 Å². The highest BCUT2D eigenvalue weighted by molar-refractivity contribution is 9.11. The van der Waals surface area contributed by atoms with Gasteiger partial charge in [-0.3, -0.25) is 4.79 Å². The Morgan fingerprint density at radius 1 is 1.56 bits per heavy atom. The number of nitrogens with one attached hydrogen (secondary N) is 1. The Bertz CT molecular complexity index is 390. The minimum absolute atomic E-state index is 0.0335. The molecule has 16 heavy (non-hydrogen) atoms. The van der Waals surface area contributed by atoms with Gasteiger partial charge in [-0.25, -0.2) is 0 Å². The molecule has 0 aromatic heterocycles. The van der Waals surface area contributed by atoms with E-state index >= 15 is 0 Å². The molecule has 0 bridgehead atoms. The Hall–Kier alpha value is -1.29. The lowest BCUT2D eigenvalue weighted by atomic mass is 10.1. The number of amides is 1. The molecule has 0 radical (unpaired) electrons. The average Bonchev–Trinajstić information content (AvgIpc) is 2.26. The quantitative estimate of drug-likeness (QED) is 0.900. The second-order valence-corrected chi connectivity index (χ2v) is 4.44. The summed E-state index contributed by atoms with van der Waals surface area (Å²) in [6.07, 6.45) is 0.345. The van der Waals surface area contributed by atoms with Crippen molar-refractivity contribution in [1.29, 1.82) is 0 Å². The van der Waals surface area contributed by atoms with Gasteiger partial charge in [0, 0.05) is 11.0 Å². The topological polar surface area (TPSA) is 38.3 Å². The Morgan fingerprint density at radius 2 is 2.31 bits per heavy atom. The predicted molar refractivity (Wildman–Crippen MR) is 67.8 cm³/mol. The van der Waals surface area contributed by atoms with E-state index in [2.05, 4.69) is 27.8 Å². The molecule has 0 aliphatic heterocycles. The van der Waals surface area contributed by atoms with Crippen LogP contribution in [0.1, 0.15) is 5.56 Å². The molecule has 3 nitrogen and oxygen atoms in total. The highest BCUT2D eigenvalue weighted by Crippen LogP contribution is 2.12. The van der Waals surface area contributed by atoms with E-state index in [1.165, 1.54) is 0 Å². The van der Waals surface area contributed by atoms with Crippen LogP contribution < -0.4 is 10.1 Å². The van der Waals surface area contributed by atoms with Crippen molar-refractivity contribution in [3.63, 3.8) is 0 Å². The second kappa shape index (κ2) is 6.33. The molecule has 1 N–H and O–H groups in total. The van der Waals surface area contributed by atoms with E-state index in [0.29, 0.717) is 13.0 Å². The van der Waals surface area contributed by atoms with Crippen molar-refractivity contribution in [1.82, 2.24) is 5.32 Å². The number of carbonyl (C=O) groups is 1. The highest BCUT2D eigenvalue weighted by atomic mass is 79.9. The maximum atomic E-state index is 11.5. The Balaban J connectivity index is 2.52. The first kappa shape index (κ1) is 12.8. The smallest absolute Gasteiger partial charge is 0.224 e. The molecule has 1 aromatic carbocycles. The van der Waals surface area contributed by atoms with Crippen molar-refractivity contribution in [3.8, 4) is 5.75 Å². The van der Waals surface area contributed by atoms with Crippen LogP contribution in [0.5, 0.6) is 5.75 Å². The minimum Gasteiger partial charge on any atom is -0.497 e. The molecule has 0 spiro atoms. The van der Waals surface area contributed by atoms with Crippen molar-refractivity contribution in [2.75, 3.05) is 13.7 Å². The van der Waals surface area contributed by atoms with Crippen molar-refractivity contribution in [3.05, 3.63) is 40.9 Å². The number of halogens is 1. The van der Waals surface area contributed by atoms with Crippen LogP contribution >= 0.6 is 15.9 Å². The van der Waals surface area contributed by atoms with E-state index < -0.39 is 0 Å². The molecule has 0 aliphatic carbocycles. The van der Waals surface area contributed by atoms with Crippen molar-refractivity contribution >= 4 is 21.8 Å². The molecular formula is C12H14BrNO2. The summed E-state index contributed by atoms with van der Waals surface area (Å²) in [4.78, 5) is 11.5. The Labute approximate surface area is 104 Å². The summed E-state index contributed by atoms with van der Waals surface area (Å²) in [6.45, 7) is 4.09. The van der Waals surface area contributed by atoms with Gasteiger partial charge in [-0.15, -0.1) is 0 Å². The zero-order valence-electron chi connectivity index (χ0n) is 9.13. The predicted octanol–water partition coefficient (Wildman–Crippen LogP) is 2.26. The summed E-state index contributed by atoms with van der Waals surface area (Å²) in [5.74, 6) is 0.726. The van der Waals surface area contributed by atoms with Crippen molar-refractivity contribution in [2.24, 2.45) is 0 Å². The van der Waals surface area contributed by atoms with Gasteiger partial charge in [0.15, 0.2) is 0 Å². The van der Waals surface area contributed by atoms with Crippen LogP contribution in [-0.2, 0) is 11.2 Å². The maximum Gasteiger partial charge on any atom is 0.224 e. The lowest BCUT2D eigenvalue weighted by molar-refractivity contribution is -0.120. The van der Waals surface area contributed by atoms with Gasteiger partial charge in [0.25, 0.3) is 0 Å². The monoisotopic (exact) mass is 283 g/mol. The molecule has 1 rings (SSSR count). The zero-order chi connectivity index (χ0) is 12.0. The van der Waals surface area contributed by atoms with Crippen LogP contribution in [0.3, 0.4) is 0 Å². The molecule has 0 fully saturated rings. The van der Waals surface area contributed by atoms with Gasteiger partial charge in [-0.2, -0.15) is 0 Å². The zero-order valence-corrected chi connectivity index (χ0v) is 10.7. The van der Waals surface area contributed by atoms with Gasteiger partial charge >= 0.3 is 0 Å². The molecule has 0 saturated heterocycles. The maximum absolute atomic E-state index is 11.5. The summed E-state index contributed by atoms with van der Waals surface area (Å²) in [6, 6.07) is 7.46. The lowest BCUT2D eigenvalue weighted by Gasteiger charge is -2.05. The van der Waals surface area contributed by atoms with Crippen molar-refractivity contribution in [2.45, 2.75) is 6.42 Å². The molecule has 4 heteroatoms. The first-order chi connectivity index (χ1) is 7.61. The molecule has 1 amide bonds. The molecular weight excluding hydrogens is 270 g/mol. The second-order valence-electron chi connectivity index (χ2n) is 3.32. The van der Waals surface area contributed by atoms with Crippen molar-refractivity contribution < 1.29 is 9.53 Å². The largest absolute Gasteiger partial charge is 0.497 e. The summed E-state index contributed by atoms with van der Waals surface area (Å²) >= 11 is 3.18. The SMILES string of the molecule is C=C(Br)CNC(=O)Cc1cccc(OC)c1. The number of carbonyl (C=O) groups excluding carboxylic acids is 1. The van der Waals surface area contributed by atoms with E-state index in [0.717, 1.165) is 15.8 Å². The Morgan fingerprint density at radius 3 is 2.94 bits per heavy atom. The van der Waals surface area contributed by atoms with E-state index in [9.17, 15) is 4.79 Å². The van der Waals surface area contributed by atoms with Gasteiger partial charge in [-0.1, -0.05) is 34.6 Å². The number of methoxy groups -OCH3 is 1. The van der Waals surface area contributed by atoms with E-state index in [1.807, 2.05) is 24.3 Å². The fourth-order valence-electron chi connectivity index (χ4n) is 1.22. The number of benzene rings is 1. The standard InChI is InChI=1S/C12H14BrNO2/c1-9(13)8-14-12(15)7-10-4-3-5-11(6-10)16-2/h3-6H,1,7-8H2,2H3,(H,14,15). The molecule has 0 unspecified atom stereocenters. The number of hydrogen-bond acceptors (Lipinski definition) is 2. The number of hydrogen-bond donors (Lipinski definition) is 1. The van der Waals surface area contributed by atoms with E-state index in [-0.39, 0.29) is 5.91 Å². The summed E-state index contributed by atoms with van der Waals surface area (Å²) in [5.41, 5.74) is 0.928. The third-order valence-electron chi connectivity index (χ3n) is 1.98. The van der Waals surface area contributed by atoms with E-state index in [4.69, 9.17) is 4.74 Å². The highest BCUT2D eigenvalue weighted by Gasteiger charge is 2.03. The van der Waals surface area contributed by atoms with Gasteiger partial charge in [0.05, 0.1) is 13.5 Å². The van der Waals surface area contributed by atoms with Crippen LogP contribution in [0, 0.1) is 0 Å². The molecule has 0 atom stereocenters. The summed E-state index contributed by atoms with van der Waals surface area (Å²) < 4.78 is 5.84. The molecule has 0 heterocycles. The molecule has 0 aliphatic rings. The van der Waals surface area contributed by atoms with Crippen LogP contribution in [-0.4, -0.2) is 19.6 Å². The first-order valence-corrected chi connectivity index (χ1v) is 5.64. The van der Waals surface area contributed by atoms with Gasteiger partial charge in [0.1, 0.15) is 5.75 Å². The minimum atomic E-state index is -0.0335. The molecule has 86 valence electrons. The van der Waals surface area contributed by atoms with E-state index in [1.54, 1.807) is 7.11 Å². The number of ether oxygens (including phenoxy) is 1.